The average molecular weight is 376 g/mol. The number of amides is 1. The highest BCUT2D eigenvalue weighted by Crippen LogP contribution is 2.22. The van der Waals surface area contributed by atoms with Crippen LogP contribution in [0.2, 0.25) is 5.02 Å². The van der Waals surface area contributed by atoms with Crippen molar-refractivity contribution >= 4 is 17.5 Å². The molecule has 0 unspecified atom stereocenters. The van der Waals surface area contributed by atoms with Crippen molar-refractivity contribution in [1.82, 2.24) is 15.3 Å². The molecule has 1 amide bonds. The predicted molar refractivity (Wildman–Crippen MR) is 98.6 cm³/mol. The third-order valence-electron chi connectivity index (χ3n) is 4.41. The van der Waals surface area contributed by atoms with Gasteiger partial charge in [-0.2, -0.15) is 0 Å². The Morgan fingerprint density at radius 3 is 2.65 bits per heavy atom. The molecule has 1 aliphatic carbocycles. The number of carbonyl (C=O) groups is 1. The second-order valence-corrected chi connectivity index (χ2v) is 6.81. The van der Waals surface area contributed by atoms with Crippen LogP contribution < -0.4 is 14.8 Å². The van der Waals surface area contributed by atoms with Gasteiger partial charge in [-0.3, -0.25) is 4.79 Å². The molecule has 26 heavy (non-hydrogen) atoms. The molecule has 0 spiro atoms. The van der Waals surface area contributed by atoms with E-state index in [4.69, 9.17) is 21.1 Å². The normalized spacial score (nSPS) is 19.6. The van der Waals surface area contributed by atoms with E-state index in [2.05, 4.69) is 15.3 Å². The molecule has 7 heteroatoms. The molecule has 1 N–H and O–H groups in total. The minimum Gasteiger partial charge on any atom is -0.497 e. The number of ether oxygens (including phenoxy) is 2. The number of rotatable bonds is 6. The summed E-state index contributed by atoms with van der Waals surface area (Å²) >= 11 is 5.77. The topological polar surface area (TPSA) is 73.3 Å². The van der Waals surface area contributed by atoms with E-state index >= 15 is 0 Å². The first-order valence-corrected chi connectivity index (χ1v) is 9.06. The van der Waals surface area contributed by atoms with Gasteiger partial charge in [0.15, 0.2) is 0 Å². The molecule has 1 heterocycles. The quantitative estimate of drug-likeness (QED) is 0.839. The fourth-order valence-electron chi connectivity index (χ4n) is 3.08. The van der Waals surface area contributed by atoms with Crippen LogP contribution in [-0.4, -0.2) is 35.1 Å². The molecule has 0 saturated heterocycles. The second kappa shape index (κ2) is 8.85. The number of aromatic nitrogens is 2. The number of hydrogen-bond donors (Lipinski definition) is 1. The summed E-state index contributed by atoms with van der Waals surface area (Å²) in [5.41, 5.74) is 0.943. The number of benzene rings is 1. The summed E-state index contributed by atoms with van der Waals surface area (Å²) in [6.07, 6.45) is 6.94. The van der Waals surface area contributed by atoms with Gasteiger partial charge < -0.3 is 14.8 Å². The lowest BCUT2D eigenvalue weighted by Gasteiger charge is -2.28. The first-order chi connectivity index (χ1) is 12.6. The van der Waals surface area contributed by atoms with Crippen LogP contribution in [0.15, 0.2) is 36.7 Å². The highest BCUT2D eigenvalue weighted by molar-refractivity contribution is 6.30. The van der Waals surface area contributed by atoms with Crippen molar-refractivity contribution in [2.75, 3.05) is 7.11 Å². The van der Waals surface area contributed by atoms with Gasteiger partial charge in [-0.15, -0.1) is 0 Å². The Bertz CT molecular complexity index is 731. The summed E-state index contributed by atoms with van der Waals surface area (Å²) in [6, 6.07) is 8.10. The zero-order valence-corrected chi connectivity index (χ0v) is 15.4. The molecule has 1 fully saturated rings. The molecule has 0 radical (unpaired) electrons. The lowest BCUT2D eigenvalue weighted by atomic mass is 9.93. The highest BCUT2D eigenvalue weighted by atomic mass is 35.5. The maximum atomic E-state index is 12.3. The van der Waals surface area contributed by atoms with Gasteiger partial charge in [0.05, 0.1) is 30.9 Å². The molecule has 6 nitrogen and oxygen atoms in total. The Labute approximate surface area is 157 Å². The van der Waals surface area contributed by atoms with E-state index in [0.29, 0.717) is 17.5 Å². The summed E-state index contributed by atoms with van der Waals surface area (Å²) in [5, 5.41) is 3.60. The molecule has 0 bridgehead atoms. The third-order valence-corrected chi connectivity index (χ3v) is 4.60. The molecule has 1 saturated carbocycles. The molecule has 0 atom stereocenters. The fourth-order valence-corrected chi connectivity index (χ4v) is 3.18. The number of hydrogen-bond acceptors (Lipinski definition) is 5. The highest BCUT2D eigenvalue weighted by Gasteiger charge is 2.24. The summed E-state index contributed by atoms with van der Waals surface area (Å²) in [6.45, 7) is 0. The SMILES string of the molecule is COc1cccc(CC(=O)NC2CCC(Oc3ncc(Cl)cn3)CC2)c1. The molecule has 1 aliphatic rings. The summed E-state index contributed by atoms with van der Waals surface area (Å²) < 4.78 is 11.0. The number of methoxy groups -OCH3 is 1. The van der Waals surface area contributed by atoms with Crippen LogP contribution in [0.5, 0.6) is 11.8 Å². The Hall–Kier alpha value is -2.34. The predicted octanol–water partition coefficient (Wildman–Crippen LogP) is 3.19. The molecule has 138 valence electrons. The van der Waals surface area contributed by atoms with Gasteiger partial charge >= 0.3 is 6.01 Å². The second-order valence-electron chi connectivity index (χ2n) is 6.37. The minimum absolute atomic E-state index is 0.0312. The standard InChI is InChI=1S/C19H22ClN3O3/c1-25-17-4-2-3-13(9-17)10-18(24)23-15-5-7-16(8-6-15)26-19-21-11-14(20)12-22-19/h2-4,9,11-12,15-16H,5-8,10H2,1H3,(H,23,24). The fraction of sp³-hybridized carbons (Fsp3) is 0.421. The molecule has 2 aromatic rings. The van der Waals surface area contributed by atoms with E-state index in [-0.39, 0.29) is 18.1 Å². The van der Waals surface area contributed by atoms with Crippen LogP contribution in [0.3, 0.4) is 0 Å². The zero-order chi connectivity index (χ0) is 18.4. The van der Waals surface area contributed by atoms with Crippen LogP contribution in [0, 0.1) is 0 Å². The van der Waals surface area contributed by atoms with Gasteiger partial charge in [-0.1, -0.05) is 23.7 Å². The number of nitrogens with one attached hydrogen (secondary N) is 1. The van der Waals surface area contributed by atoms with Crippen molar-refractivity contribution in [1.29, 1.82) is 0 Å². The average Bonchev–Trinajstić information content (AvgIpc) is 2.65. The number of nitrogens with zero attached hydrogens (tertiary/aromatic N) is 2. The van der Waals surface area contributed by atoms with E-state index in [0.717, 1.165) is 37.0 Å². The summed E-state index contributed by atoms with van der Waals surface area (Å²) in [4.78, 5) is 20.4. The van der Waals surface area contributed by atoms with Gasteiger partial charge in [0.1, 0.15) is 11.9 Å². The molecule has 1 aromatic carbocycles. The largest absolute Gasteiger partial charge is 0.497 e. The lowest BCUT2D eigenvalue weighted by Crippen LogP contribution is -2.40. The van der Waals surface area contributed by atoms with Gasteiger partial charge in [0.25, 0.3) is 0 Å². The number of carbonyl (C=O) groups excluding carboxylic acids is 1. The Morgan fingerprint density at radius 2 is 1.96 bits per heavy atom. The maximum Gasteiger partial charge on any atom is 0.316 e. The van der Waals surface area contributed by atoms with E-state index < -0.39 is 0 Å². The summed E-state index contributed by atoms with van der Waals surface area (Å²) in [5.74, 6) is 0.793. The monoisotopic (exact) mass is 375 g/mol. The van der Waals surface area contributed by atoms with Crippen LogP contribution in [0.1, 0.15) is 31.2 Å². The van der Waals surface area contributed by atoms with Gasteiger partial charge in [0.2, 0.25) is 5.91 Å². The smallest absolute Gasteiger partial charge is 0.316 e. The van der Waals surface area contributed by atoms with Gasteiger partial charge in [-0.25, -0.2) is 9.97 Å². The van der Waals surface area contributed by atoms with Crippen molar-refractivity contribution in [3.63, 3.8) is 0 Å². The van der Waals surface area contributed by atoms with Crippen LogP contribution >= 0.6 is 11.6 Å². The van der Waals surface area contributed by atoms with Crippen LogP contribution in [0.25, 0.3) is 0 Å². The van der Waals surface area contributed by atoms with Crippen LogP contribution in [-0.2, 0) is 11.2 Å². The van der Waals surface area contributed by atoms with Gasteiger partial charge in [-0.05, 0) is 43.4 Å². The molecular formula is C19H22ClN3O3. The maximum absolute atomic E-state index is 12.3. The van der Waals surface area contributed by atoms with E-state index in [1.54, 1.807) is 7.11 Å². The molecule has 3 rings (SSSR count). The lowest BCUT2D eigenvalue weighted by molar-refractivity contribution is -0.121. The van der Waals surface area contributed by atoms with Crippen molar-refractivity contribution in [3.05, 3.63) is 47.2 Å². The molecule has 0 aliphatic heterocycles. The zero-order valence-electron chi connectivity index (χ0n) is 14.7. The number of halogens is 1. The van der Waals surface area contributed by atoms with Crippen LogP contribution in [0.4, 0.5) is 0 Å². The van der Waals surface area contributed by atoms with E-state index in [9.17, 15) is 4.79 Å². The first kappa shape index (κ1) is 18.5. The van der Waals surface area contributed by atoms with Gasteiger partial charge in [0, 0.05) is 6.04 Å². The Balaban J connectivity index is 1.43. The Kier molecular flexibility index (Phi) is 6.28. The molecular weight excluding hydrogens is 354 g/mol. The third kappa shape index (κ3) is 5.33. The van der Waals surface area contributed by atoms with Crippen molar-refractivity contribution in [2.24, 2.45) is 0 Å². The molecule has 1 aromatic heterocycles. The van der Waals surface area contributed by atoms with Crippen molar-refractivity contribution in [2.45, 2.75) is 44.2 Å². The first-order valence-electron chi connectivity index (χ1n) is 8.69. The summed E-state index contributed by atoms with van der Waals surface area (Å²) in [7, 11) is 1.62. The van der Waals surface area contributed by atoms with Crippen molar-refractivity contribution in [3.8, 4) is 11.8 Å². The Morgan fingerprint density at radius 1 is 1.23 bits per heavy atom. The van der Waals surface area contributed by atoms with Crippen molar-refractivity contribution < 1.29 is 14.3 Å². The minimum atomic E-state index is 0.0312. The van der Waals surface area contributed by atoms with E-state index in [1.165, 1.54) is 12.4 Å². The van der Waals surface area contributed by atoms with E-state index in [1.807, 2.05) is 24.3 Å².